The molecule has 0 unspecified atom stereocenters. The first kappa shape index (κ1) is 10.9. The van der Waals surface area contributed by atoms with E-state index in [9.17, 15) is 0 Å². The lowest BCUT2D eigenvalue weighted by Gasteiger charge is -2.51. The highest BCUT2D eigenvalue weighted by atomic mass is 15.2. The van der Waals surface area contributed by atoms with Crippen LogP contribution in [0.25, 0.3) is 0 Å². The summed E-state index contributed by atoms with van der Waals surface area (Å²) >= 11 is 0. The second-order valence-corrected chi connectivity index (χ2v) is 6.21. The number of rotatable bonds is 0. The molecule has 1 spiro atoms. The van der Waals surface area contributed by atoms with Gasteiger partial charge in [0.05, 0.1) is 0 Å². The first-order chi connectivity index (χ1) is 8.81. The Bertz CT molecular complexity index is 477. The first-order valence-electron chi connectivity index (χ1n) is 7.40. The molecule has 0 aromatic carbocycles. The summed E-state index contributed by atoms with van der Waals surface area (Å²) < 4.78 is 0. The SMILES string of the molecule is CC1=CN2CCNCC3=CCCC(=C32)C12CCC2. The van der Waals surface area contributed by atoms with Crippen molar-refractivity contribution >= 4 is 0 Å². The summed E-state index contributed by atoms with van der Waals surface area (Å²) in [5, 5.41) is 3.56. The van der Waals surface area contributed by atoms with Gasteiger partial charge in [-0.15, -0.1) is 0 Å². The summed E-state index contributed by atoms with van der Waals surface area (Å²) in [5.74, 6) is 0. The molecule has 2 heterocycles. The fraction of sp³-hybridized carbons (Fsp3) is 0.625. The van der Waals surface area contributed by atoms with E-state index in [2.05, 4.69) is 29.4 Å². The molecule has 0 aromatic rings. The van der Waals surface area contributed by atoms with E-state index in [0.717, 1.165) is 19.6 Å². The van der Waals surface area contributed by atoms with Crippen molar-refractivity contribution in [3.63, 3.8) is 0 Å². The number of nitrogens with one attached hydrogen (secondary N) is 1. The maximum Gasteiger partial charge on any atom is 0.0449 e. The maximum absolute atomic E-state index is 3.56. The maximum atomic E-state index is 3.56. The van der Waals surface area contributed by atoms with E-state index in [4.69, 9.17) is 0 Å². The molecule has 0 bridgehead atoms. The molecule has 4 aliphatic rings. The number of allylic oxidation sites excluding steroid dienone is 3. The lowest BCUT2D eigenvalue weighted by molar-refractivity contribution is 0.209. The molecule has 1 saturated carbocycles. The van der Waals surface area contributed by atoms with Gasteiger partial charge in [-0.2, -0.15) is 0 Å². The third-order valence-corrected chi connectivity index (χ3v) is 5.40. The molecular weight excluding hydrogens is 220 g/mol. The Morgan fingerprint density at radius 3 is 3.00 bits per heavy atom. The molecular formula is C16H22N2. The van der Waals surface area contributed by atoms with Crippen molar-refractivity contribution in [3.05, 3.63) is 34.7 Å². The van der Waals surface area contributed by atoms with Crippen LogP contribution in [0.4, 0.5) is 0 Å². The van der Waals surface area contributed by atoms with Crippen LogP contribution in [-0.4, -0.2) is 24.5 Å². The van der Waals surface area contributed by atoms with E-state index >= 15 is 0 Å². The van der Waals surface area contributed by atoms with E-state index in [0.29, 0.717) is 5.41 Å². The predicted molar refractivity (Wildman–Crippen MR) is 74.0 cm³/mol. The zero-order valence-electron chi connectivity index (χ0n) is 11.3. The fourth-order valence-electron chi connectivity index (χ4n) is 4.26. The van der Waals surface area contributed by atoms with Gasteiger partial charge >= 0.3 is 0 Å². The molecule has 2 aliphatic carbocycles. The Kier molecular flexibility index (Phi) is 2.25. The highest BCUT2D eigenvalue weighted by Crippen LogP contribution is 2.58. The van der Waals surface area contributed by atoms with Crippen molar-refractivity contribution < 1.29 is 0 Å². The van der Waals surface area contributed by atoms with Crippen LogP contribution in [0.2, 0.25) is 0 Å². The number of hydrogen-bond donors (Lipinski definition) is 1. The quantitative estimate of drug-likeness (QED) is 0.702. The van der Waals surface area contributed by atoms with E-state index in [1.54, 1.807) is 22.4 Å². The summed E-state index contributed by atoms with van der Waals surface area (Å²) in [4.78, 5) is 2.53. The van der Waals surface area contributed by atoms with Crippen LogP contribution in [0, 0.1) is 5.41 Å². The van der Waals surface area contributed by atoms with Gasteiger partial charge in [-0.05, 0) is 49.3 Å². The van der Waals surface area contributed by atoms with Crippen LogP contribution in [0.1, 0.15) is 39.0 Å². The molecule has 2 heteroatoms. The minimum absolute atomic E-state index is 0.468. The van der Waals surface area contributed by atoms with E-state index in [1.807, 2.05) is 0 Å². The van der Waals surface area contributed by atoms with Gasteiger partial charge in [0.15, 0.2) is 0 Å². The van der Waals surface area contributed by atoms with Gasteiger partial charge in [0.25, 0.3) is 0 Å². The Morgan fingerprint density at radius 2 is 2.22 bits per heavy atom. The van der Waals surface area contributed by atoms with Crippen LogP contribution < -0.4 is 5.32 Å². The molecule has 0 aromatic heterocycles. The largest absolute Gasteiger partial charge is 0.346 e. The summed E-state index contributed by atoms with van der Waals surface area (Å²) in [6, 6.07) is 0. The second kappa shape index (κ2) is 3.74. The minimum Gasteiger partial charge on any atom is -0.346 e. The molecule has 96 valence electrons. The fourth-order valence-corrected chi connectivity index (χ4v) is 4.26. The Labute approximate surface area is 109 Å². The number of hydrogen-bond acceptors (Lipinski definition) is 2. The van der Waals surface area contributed by atoms with Crippen molar-refractivity contribution in [1.82, 2.24) is 10.2 Å². The van der Waals surface area contributed by atoms with E-state index < -0.39 is 0 Å². The van der Waals surface area contributed by atoms with Crippen molar-refractivity contribution in [2.45, 2.75) is 39.0 Å². The summed E-state index contributed by atoms with van der Waals surface area (Å²) in [6.45, 7) is 5.66. The monoisotopic (exact) mass is 242 g/mol. The van der Waals surface area contributed by atoms with Gasteiger partial charge in [-0.25, -0.2) is 0 Å². The Hall–Kier alpha value is -1.02. The summed E-state index contributed by atoms with van der Waals surface area (Å²) in [5.41, 5.74) is 7.02. The number of fused-ring (bicyclic) bond motifs is 1. The van der Waals surface area contributed by atoms with Crippen LogP contribution in [0.5, 0.6) is 0 Å². The predicted octanol–water partition coefficient (Wildman–Crippen LogP) is 2.95. The Morgan fingerprint density at radius 1 is 1.33 bits per heavy atom. The topological polar surface area (TPSA) is 15.3 Å². The highest BCUT2D eigenvalue weighted by Gasteiger charge is 2.46. The molecule has 1 N–H and O–H groups in total. The van der Waals surface area contributed by atoms with Crippen LogP contribution >= 0.6 is 0 Å². The third kappa shape index (κ3) is 1.27. The standard InChI is InChI=1S/C16H22N2/c1-12-11-18-9-8-17-10-13-4-2-5-14(15(13)18)16(12)6-3-7-16/h4,11,17H,2-3,5-10H2,1H3. The van der Waals surface area contributed by atoms with Crippen molar-refractivity contribution in [2.75, 3.05) is 19.6 Å². The molecule has 0 atom stereocenters. The second-order valence-electron chi connectivity index (χ2n) is 6.21. The molecule has 2 nitrogen and oxygen atoms in total. The zero-order valence-corrected chi connectivity index (χ0v) is 11.3. The smallest absolute Gasteiger partial charge is 0.0449 e. The van der Waals surface area contributed by atoms with Gasteiger partial charge in [0.1, 0.15) is 0 Å². The van der Waals surface area contributed by atoms with E-state index in [1.165, 1.54) is 32.1 Å². The van der Waals surface area contributed by atoms with Crippen molar-refractivity contribution in [2.24, 2.45) is 5.41 Å². The van der Waals surface area contributed by atoms with Gasteiger partial charge in [-0.1, -0.05) is 12.5 Å². The molecule has 0 radical (unpaired) electrons. The third-order valence-electron chi connectivity index (χ3n) is 5.40. The first-order valence-corrected chi connectivity index (χ1v) is 7.40. The van der Waals surface area contributed by atoms with Crippen molar-refractivity contribution in [1.29, 1.82) is 0 Å². The molecule has 4 rings (SSSR count). The van der Waals surface area contributed by atoms with E-state index in [-0.39, 0.29) is 0 Å². The highest BCUT2D eigenvalue weighted by molar-refractivity contribution is 5.50. The van der Waals surface area contributed by atoms with Crippen LogP contribution in [-0.2, 0) is 0 Å². The average molecular weight is 242 g/mol. The van der Waals surface area contributed by atoms with Gasteiger partial charge in [0, 0.05) is 36.9 Å². The Balaban J connectivity index is 1.88. The summed E-state index contributed by atoms with van der Waals surface area (Å²) in [6.07, 6.45) is 11.7. The van der Waals surface area contributed by atoms with Gasteiger partial charge < -0.3 is 10.2 Å². The molecule has 18 heavy (non-hydrogen) atoms. The minimum atomic E-state index is 0.468. The zero-order chi connectivity index (χ0) is 12.2. The lowest BCUT2D eigenvalue weighted by Crippen LogP contribution is -2.41. The van der Waals surface area contributed by atoms with Crippen LogP contribution in [0.15, 0.2) is 34.7 Å². The molecule has 0 amide bonds. The number of nitrogens with zero attached hydrogens (tertiary/aromatic N) is 1. The van der Waals surface area contributed by atoms with Crippen molar-refractivity contribution in [3.8, 4) is 0 Å². The van der Waals surface area contributed by atoms with Gasteiger partial charge in [0.2, 0.25) is 0 Å². The van der Waals surface area contributed by atoms with Crippen LogP contribution in [0.3, 0.4) is 0 Å². The molecule has 1 saturated heterocycles. The lowest BCUT2D eigenvalue weighted by atomic mass is 9.57. The summed E-state index contributed by atoms with van der Waals surface area (Å²) in [7, 11) is 0. The normalized spacial score (nSPS) is 29.3. The van der Waals surface area contributed by atoms with Gasteiger partial charge in [-0.3, -0.25) is 0 Å². The molecule has 2 fully saturated rings. The average Bonchev–Trinajstić information content (AvgIpc) is 2.51. The molecule has 2 aliphatic heterocycles.